The van der Waals surface area contributed by atoms with E-state index in [1.807, 2.05) is 18.2 Å². The van der Waals surface area contributed by atoms with Gasteiger partial charge >= 0.3 is 0 Å². The van der Waals surface area contributed by atoms with Crippen LogP contribution in [0.5, 0.6) is 0 Å². The number of hydrogen-bond donors (Lipinski definition) is 0. The molecule has 0 atom stereocenters. The molecule has 22 heavy (non-hydrogen) atoms. The van der Waals surface area contributed by atoms with Gasteiger partial charge in [-0.05, 0) is 18.2 Å². The summed E-state index contributed by atoms with van der Waals surface area (Å²) in [4.78, 5) is 13.7. The lowest BCUT2D eigenvalue weighted by molar-refractivity contribution is -0.111. The molecule has 0 spiro atoms. The first kappa shape index (κ1) is 14.4. The van der Waals surface area contributed by atoms with E-state index in [4.69, 9.17) is 11.6 Å². The standard InChI is InChI=1S/C16H11ClFN3O/c1-21-14-8-3-2-5-10(14)15(16(21)22)20-19-9-11-12(17)6-4-7-13(11)18/h2-9H,1H3/b19-9-,20-15+. The van der Waals surface area contributed by atoms with Gasteiger partial charge in [0.25, 0.3) is 5.91 Å². The number of anilines is 1. The highest BCUT2D eigenvalue weighted by Crippen LogP contribution is 2.27. The Morgan fingerprint density at radius 1 is 1.18 bits per heavy atom. The molecule has 0 unspecified atom stereocenters. The summed E-state index contributed by atoms with van der Waals surface area (Å²) in [7, 11) is 1.67. The van der Waals surface area contributed by atoms with E-state index < -0.39 is 5.82 Å². The van der Waals surface area contributed by atoms with Crippen molar-refractivity contribution >= 4 is 35.1 Å². The van der Waals surface area contributed by atoms with E-state index in [1.165, 1.54) is 23.2 Å². The van der Waals surface area contributed by atoms with Crippen LogP contribution in [0.1, 0.15) is 11.1 Å². The van der Waals surface area contributed by atoms with Crippen molar-refractivity contribution in [1.82, 2.24) is 0 Å². The van der Waals surface area contributed by atoms with E-state index in [2.05, 4.69) is 10.2 Å². The average molecular weight is 316 g/mol. The molecular weight excluding hydrogens is 305 g/mol. The summed E-state index contributed by atoms with van der Waals surface area (Å²) in [5.74, 6) is -0.746. The first-order chi connectivity index (χ1) is 10.6. The van der Waals surface area contributed by atoms with E-state index >= 15 is 0 Å². The molecule has 0 radical (unpaired) electrons. The molecule has 1 amide bonds. The summed E-state index contributed by atoms with van der Waals surface area (Å²) < 4.78 is 13.6. The zero-order valence-corrected chi connectivity index (χ0v) is 12.4. The van der Waals surface area contributed by atoms with Gasteiger partial charge in [0.1, 0.15) is 5.82 Å². The zero-order chi connectivity index (χ0) is 15.7. The summed E-state index contributed by atoms with van der Waals surface area (Å²) in [5, 5.41) is 8.00. The molecule has 3 rings (SSSR count). The molecule has 0 bridgehead atoms. The predicted molar refractivity (Wildman–Crippen MR) is 85.4 cm³/mol. The number of rotatable bonds is 2. The van der Waals surface area contributed by atoms with E-state index in [-0.39, 0.29) is 22.2 Å². The Labute approximate surface area is 131 Å². The van der Waals surface area contributed by atoms with Crippen molar-refractivity contribution in [2.24, 2.45) is 10.2 Å². The van der Waals surface area contributed by atoms with Crippen LogP contribution in [-0.4, -0.2) is 24.9 Å². The Hall–Kier alpha value is -2.53. The second kappa shape index (κ2) is 5.69. The van der Waals surface area contributed by atoms with E-state index in [9.17, 15) is 9.18 Å². The first-order valence-corrected chi connectivity index (χ1v) is 6.90. The highest BCUT2D eigenvalue weighted by Gasteiger charge is 2.30. The van der Waals surface area contributed by atoms with Gasteiger partial charge in [0.05, 0.1) is 16.9 Å². The fraction of sp³-hybridized carbons (Fsp3) is 0.0625. The van der Waals surface area contributed by atoms with Crippen molar-refractivity contribution in [2.75, 3.05) is 11.9 Å². The lowest BCUT2D eigenvalue weighted by atomic mass is 10.1. The van der Waals surface area contributed by atoms with Gasteiger partial charge in [0.2, 0.25) is 0 Å². The Morgan fingerprint density at radius 3 is 2.73 bits per heavy atom. The maximum Gasteiger partial charge on any atom is 0.279 e. The highest BCUT2D eigenvalue weighted by atomic mass is 35.5. The molecule has 0 saturated carbocycles. The molecule has 6 heteroatoms. The second-order valence-corrected chi connectivity index (χ2v) is 5.12. The SMILES string of the molecule is CN1C(=O)/C(=N/N=C\c2c(F)cccc2Cl)c2ccccc21. The lowest BCUT2D eigenvalue weighted by Crippen LogP contribution is -2.25. The fourth-order valence-electron chi connectivity index (χ4n) is 2.22. The Balaban J connectivity index is 1.97. The number of carbonyl (C=O) groups excluding carboxylic acids is 1. The number of nitrogens with zero attached hydrogens (tertiary/aromatic N) is 3. The van der Waals surface area contributed by atoms with Gasteiger partial charge in [-0.2, -0.15) is 5.10 Å². The van der Waals surface area contributed by atoms with Crippen LogP contribution in [0.2, 0.25) is 5.02 Å². The third-order valence-corrected chi connectivity index (χ3v) is 3.70. The van der Waals surface area contributed by atoms with Gasteiger partial charge in [-0.1, -0.05) is 35.9 Å². The van der Waals surface area contributed by atoms with Gasteiger partial charge in [-0.3, -0.25) is 4.79 Å². The second-order valence-electron chi connectivity index (χ2n) is 4.71. The van der Waals surface area contributed by atoms with Crippen LogP contribution in [0.15, 0.2) is 52.7 Å². The third-order valence-electron chi connectivity index (χ3n) is 3.37. The number of carbonyl (C=O) groups is 1. The summed E-state index contributed by atoms with van der Waals surface area (Å²) in [6.07, 6.45) is 1.21. The molecule has 2 aromatic rings. The van der Waals surface area contributed by atoms with Crippen molar-refractivity contribution in [3.8, 4) is 0 Å². The number of hydrogen-bond acceptors (Lipinski definition) is 3. The Bertz CT molecular complexity index is 797. The Kier molecular flexibility index (Phi) is 3.73. The maximum absolute atomic E-state index is 13.6. The molecule has 2 aromatic carbocycles. The summed E-state index contributed by atoms with van der Waals surface area (Å²) in [6, 6.07) is 11.6. The number of likely N-dealkylation sites (N-methyl/N-ethyl adjacent to an activating group) is 1. The molecule has 0 aromatic heterocycles. The minimum atomic E-state index is -0.494. The molecular formula is C16H11ClFN3O. The molecule has 4 nitrogen and oxygen atoms in total. The molecule has 1 aliphatic rings. The van der Waals surface area contributed by atoms with Crippen LogP contribution in [0.4, 0.5) is 10.1 Å². The molecule has 0 saturated heterocycles. The number of amides is 1. The maximum atomic E-state index is 13.6. The molecule has 0 aliphatic carbocycles. The summed E-state index contributed by atoms with van der Waals surface area (Å²) >= 11 is 5.90. The number of fused-ring (bicyclic) bond motifs is 1. The van der Waals surface area contributed by atoms with E-state index in [0.29, 0.717) is 5.56 Å². The van der Waals surface area contributed by atoms with Gasteiger partial charge in [0, 0.05) is 18.2 Å². The number of benzene rings is 2. The monoisotopic (exact) mass is 315 g/mol. The molecule has 110 valence electrons. The normalized spacial score (nSPS) is 15.9. The third kappa shape index (κ3) is 2.40. The lowest BCUT2D eigenvalue weighted by Gasteiger charge is -2.07. The van der Waals surface area contributed by atoms with Crippen molar-refractivity contribution in [2.45, 2.75) is 0 Å². The van der Waals surface area contributed by atoms with Crippen molar-refractivity contribution in [1.29, 1.82) is 0 Å². The van der Waals surface area contributed by atoms with E-state index in [0.717, 1.165) is 5.69 Å². The molecule has 1 heterocycles. The zero-order valence-electron chi connectivity index (χ0n) is 11.6. The van der Waals surface area contributed by atoms with Crippen LogP contribution in [0.3, 0.4) is 0 Å². The van der Waals surface area contributed by atoms with E-state index in [1.54, 1.807) is 19.2 Å². The van der Waals surface area contributed by atoms with Crippen LogP contribution in [-0.2, 0) is 4.79 Å². The summed E-state index contributed by atoms with van der Waals surface area (Å²) in [5.41, 5.74) is 1.83. The van der Waals surface area contributed by atoms with Crippen LogP contribution in [0.25, 0.3) is 0 Å². The largest absolute Gasteiger partial charge is 0.309 e. The van der Waals surface area contributed by atoms with Crippen LogP contribution in [0, 0.1) is 5.82 Å². The Morgan fingerprint density at radius 2 is 1.95 bits per heavy atom. The molecule has 0 N–H and O–H groups in total. The van der Waals surface area contributed by atoms with Gasteiger partial charge in [-0.15, -0.1) is 5.10 Å². The molecule has 0 fully saturated rings. The molecule has 1 aliphatic heterocycles. The van der Waals surface area contributed by atoms with Gasteiger partial charge in [0.15, 0.2) is 5.71 Å². The minimum absolute atomic E-state index is 0.139. The smallest absolute Gasteiger partial charge is 0.279 e. The quantitative estimate of drug-likeness (QED) is 0.619. The highest BCUT2D eigenvalue weighted by molar-refractivity contribution is 6.54. The van der Waals surface area contributed by atoms with Gasteiger partial charge < -0.3 is 4.90 Å². The van der Waals surface area contributed by atoms with Crippen molar-refractivity contribution in [3.63, 3.8) is 0 Å². The number of halogens is 2. The van der Waals surface area contributed by atoms with Crippen LogP contribution >= 0.6 is 11.6 Å². The van der Waals surface area contributed by atoms with Crippen LogP contribution < -0.4 is 4.90 Å². The van der Waals surface area contributed by atoms with Crippen molar-refractivity contribution < 1.29 is 9.18 Å². The summed E-state index contributed by atoms with van der Waals surface area (Å²) in [6.45, 7) is 0. The first-order valence-electron chi connectivity index (χ1n) is 6.52. The van der Waals surface area contributed by atoms with Gasteiger partial charge in [-0.25, -0.2) is 4.39 Å². The minimum Gasteiger partial charge on any atom is -0.309 e. The average Bonchev–Trinajstić information content (AvgIpc) is 2.75. The topological polar surface area (TPSA) is 45.0 Å². The predicted octanol–water partition coefficient (Wildman–Crippen LogP) is 3.28. The van der Waals surface area contributed by atoms with Crippen molar-refractivity contribution in [3.05, 3.63) is 64.4 Å². The fourth-order valence-corrected chi connectivity index (χ4v) is 2.44. The number of para-hydroxylation sites is 1.